The molecule has 3 nitrogen and oxygen atoms in total. The van der Waals surface area contributed by atoms with Crippen LogP contribution in [0.4, 0.5) is 4.39 Å². The van der Waals surface area contributed by atoms with E-state index in [0.717, 1.165) is 0 Å². The van der Waals surface area contributed by atoms with Gasteiger partial charge in [-0.1, -0.05) is 6.07 Å². The maximum absolute atomic E-state index is 13.0. The van der Waals surface area contributed by atoms with Gasteiger partial charge in [0.05, 0.1) is 19.6 Å². The number of nitrogens with zero attached hydrogens (tertiary/aromatic N) is 1. The Labute approximate surface area is 81.9 Å². The van der Waals surface area contributed by atoms with Crippen molar-refractivity contribution in [1.82, 2.24) is 0 Å². The highest BCUT2D eigenvalue weighted by Gasteiger charge is 2.09. The monoisotopic (exact) mass is 194 g/mol. The van der Waals surface area contributed by atoms with Crippen LogP contribution in [0.5, 0.6) is 5.75 Å². The van der Waals surface area contributed by atoms with Crippen molar-refractivity contribution in [1.29, 1.82) is 5.26 Å². The number of nitriles is 1. The molecule has 0 radical (unpaired) electrons. The number of hydrogen-bond donors (Lipinski definition) is 1. The molecule has 0 heterocycles. The number of rotatable bonds is 3. The van der Waals surface area contributed by atoms with Gasteiger partial charge >= 0.3 is 0 Å². The quantitative estimate of drug-likeness (QED) is 0.797. The van der Waals surface area contributed by atoms with Crippen molar-refractivity contribution < 1.29 is 9.13 Å². The van der Waals surface area contributed by atoms with Crippen molar-refractivity contribution in [2.45, 2.75) is 12.5 Å². The van der Waals surface area contributed by atoms with Crippen molar-refractivity contribution in [2.75, 3.05) is 7.11 Å². The second kappa shape index (κ2) is 4.58. The van der Waals surface area contributed by atoms with E-state index in [1.54, 1.807) is 6.07 Å². The summed E-state index contributed by atoms with van der Waals surface area (Å²) in [5, 5.41) is 8.44. The lowest BCUT2D eigenvalue weighted by molar-refractivity contribution is 0.385. The molecule has 0 aliphatic rings. The normalized spacial score (nSPS) is 11.9. The fourth-order valence-corrected chi connectivity index (χ4v) is 1.12. The summed E-state index contributed by atoms with van der Waals surface area (Å²) in [6.45, 7) is 0. The van der Waals surface area contributed by atoms with E-state index in [1.165, 1.54) is 19.2 Å². The first-order valence-electron chi connectivity index (χ1n) is 4.15. The first-order chi connectivity index (χ1) is 6.69. The molecule has 1 aromatic carbocycles. The van der Waals surface area contributed by atoms with Crippen molar-refractivity contribution in [3.8, 4) is 11.8 Å². The molecule has 2 N–H and O–H groups in total. The molecule has 1 unspecified atom stereocenters. The SMILES string of the molecule is COc1cc(C(N)CC#N)ccc1F. The largest absolute Gasteiger partial charge is 0.494 e. The molecule has 14 heavy (non-hydrogen) atoms. The van der Waals surface area contributed by atoms with Gasteiger partial charge in [-0.2, -0.15) is 5.26 Å². The molecule has 74 valence electrons. The highest BCUT2D eigenvalue weighted by atomic mass is 19.1. The Hall–Kier alpha value is -1.60. The van der Waals surface area contributed by atoms with E-state index in [-0.39, 0.29) is 12.2 Å². The smallest absolute Gasteiger partial charge is 0.165 e. The summed E-state index contributed by atoms with van der Waals surface area (Å²) in [6.07, 6.45) is 0.203. The Morgan fingerprint density at radius 1 is 1.64 bits per heavy atom. The Kier molecular flexibility index (Phi) is 3.43. The molecule has 0 fully saturated rings. The van der Waals surface area contributed by atoms with Crippen LogP contribution in [0.3, 0.4) is 0 Å². The molecule has 4 heteroatoms. The molecule has 0 aliphatic carbocycles. The summed E-state index contributed by atoms with van der Waals surface area (Å²) in [5.74, 6) is -0.281. The van der Waals surface area contributed by atoms with Crippen molar-refractivity contribution in [2.24, 2.45) is 5.73 Å². The standard InChI is InChI=1S/C10H11FN2O/c1-14-10-6-7(2-3-8(10)11)9(13)4-5-12/h2-3,6,9H,4,13H2,1H3. The van der Waals surface area contributed by atoms with Crippen LogP contribution >= 0.6 is 0 Å². The zero-order chi connectivity index (χ0) is 10.6. The third-order valence-electron chi connectivity index (χ3n) is 1.91. The summed E-state index contributed by atoms with van der Waals surface area (Å²) < 4.78 is 17.8. The van der Waals surface area contributed by atoms with Gasteiger partial charge in [-0.15, -0.1) is 0 Å². The van der Waals surface area contributed by atoms with Gasteiger partial charge in [0.25, 0.3) is 0 Å². The van der Waals surface area contributed by atoms with Crippen LogP contribution in [0.1, 0.15) is 18.0 Å². The Bertz CT molecular complexity index is 360. The second-order valence-corrected chi connectivity index (χ2v) is 2.86. The summed E-state index contributed by atoms with van der Waals surface area (Å²) in [7, 11) is 1.39. The number of halogens is 1. The van der Waals surface area contributed by atoms with Crippen molar-refractivity contribution in [3.05, 3.63) is 29.6 Å². The van der Waals surface area contributed by atoms with Crippen LogP contribution in [-0.2, 0) is 0 Å². The number of ether oxygens (including phenoxy) is 1. The molecule has 0 aromatic heterocycles. The van der Waals surface area contributed by atoms with Crippen LogP contribution < -0.4 is 10.5 Å². The number of hydrogen-bond acceptors (Lipinski definition) is 3. The Morgan fingerprint density at radius 3 is 2.93 bits per heavy atom. The van der Waals surface area contributed by atoms with Gasteiger partial charge in [0.1, 0.15) is 0 Å². The first kappa shape index (κ1) is 10.5. The number of methoxy groups -OCH3 is 1. The zero-order valence-corrected chi connectivity index (χ0v) is 7.83. The molecule has 1 aromatic rings. The fourth-order valence-electron chi connectivity index (χ4n) is 1.12. The Balaban J connectivity index is 2.95. The van der Waals surface area contributed by atoms with Crippen LogP contribution in [0.25, 0.3) is 0 Å². The van der Waals surface area contributed by atoms with Crippen LogP contribution in [0.15, 0.2) is 18.2 Å². The maximum atomic E-state index is 13.0. The molecule has 0 saturated heterocycles. The Morgan fingerprint density at radius 2 is 2.36 bits per heavy atom. The summed E-state index contributed by atoms with van der Waals surface area (Å²) in [5.41, 5.74) is 6.38. The van der Waals surface area contributed by atoms with E-state index in [4.69, 9.17) is 15.7 Å². The third kappa shape index (κ3) is 2.21. The lowest BCUT2D eigenvalue weighted by atomic mass is 10.1. The average Bonchev–Trinajstić information content (AvgIpc) is 2.19. The highest BCUT2D eigenvalue weighted by Crippen LogP contribution is 2.22. The third-order valence-corrected chi connectivity index (χ3v) is 1.91. The van der Waals surface area contributed by atoms with E-state index >= 15 is 0 Å². The number of benzene rings is 1. The van der Waals surface area contributed by atoms with Gasteiger partial charge in [-0.05, 0) is 17.7 Å². The van der Waals surface area contributed by atoms with Crippen molar-refractivity contribution >= 4 is 0 Å². The average molecular weight is 194 g/mol. The molecular weight excluding hydrogens is 183 g/mol. The highest BCUT2D eigenvalue weighted by molar-refractivity contribution is 5.32. The minimum Gasteiger partial charge on any atom is -0.494 e. The molecule has 1 atom stereocenters. The zero-order valence-electron chi connectivity index (χ0n) is 7.83. The summed E-state index contributed by atoms with van der Waals surface area (Å²) in [6, 6.07) is 5.91. The molecule has 0 saturated carbocycles. The molecule has 0 spiro atoms. The van der Waals surface area contributed by atoms with Gasteiger partial charge in [0.15, 0.2) is 11.6 Å². The summed E-state index contributed by atoms with van der Waals surface area (Å²) in [4.78, 5) is 0. The molecule has 0 aliphatic heterocycles. The summed E-state index contributed by atoms with van der Waals surface area (Å²) >= 11 is 0. The van der Waals surface area contributed by atoms with Gasteiger partial charge in [-0.3, -0.25) is 0 Å². The number of nitrogens with two attached hydrogens (primary N) is 1. The second-order valence-electron chi connectivity index (χ2n) is 2.86. The molecule has 1 rings (SSSR count). The molecular formula is C10H11FN2O. The van der Waals surface area contributed by atoms with Gasteiger partial charge in [-0.25, -0.2) is 4.39 Å². The predicted octanol–water partition coefficient (Wildman–Crippen LogP) is 1.75. The predicted molar refractivity (Wildman–Crippen MR) is 50.1 cm³/mol. The van der Waals surface area contributed by atoms with Crippen LogP contribution in [0.2, 0.25) is 0 Å². The van der Waals surface area contributed by atoms with Crippen LogP contribution in [-0.4, -0.2) is 7.11 Å². The first-order valence-corrected chi connectivity index (χ1v) is 4.15. The van der Waals surface area contributed by atoms with E-state index in [9.17, 15) is 4.39 Å². The van der Waals surface area contributed by atoms with E-state index in [1.807, 2.05) is 6.07 Å². The molecule has 0 amide bonds. The molecule has 0 bridgehead atoms. The van der Waals surface area contributed by atoms with Gasteiger partial charge in [0.2, 0.25) is 0 Å². The van der Waals surface area contributed by atoms with E-state index in [0.29, 0.717) is 5.56 Å². The van der Waals surface area contributed by atoms with Gasteiger partial charge < -0.3 is 10.5 Å². The van der Waals surface area contributed by atoms with E-state index in [2.05, 4.69) is 0 Å². The fraction of sp³-hybridized carbons (Fsp3) is 0.300. The lowest BCUT2D eigenvalue weighted by Gasteiger charge is -2.09. The van der Waals surface area contributed by atoms with Crippen LogP contribution in [0, 0.1) is 17.1 Å². The van der Waals surface area contributed by atoms with E-state index < -0.39 is 11.9 Å². The minimum atomic E-state index is -0.430. The minimum absolute atomic E-state index is 0.149. The van der Waals surface area contributed by atoms with Gasteiger partial charge in [0, 0.05) is 6.04 Å². The lowest BCUT2D eigenvalue weighted by Crippen LogP contribution is -2.09. The maximum Gasteiger partial charge on any atom is 0.165 e. The van der Waals surface area contributed by atoms with Crippen molar-refractivity contribution in [3.63, 3.8) is 0 Å². The topological polar surface area (TPSA) is 59.0 Å².